The molecule has 0 amide bonds. The van der Waals surface area contributed by atoms with Gasteiger partial charge in [0.1, 0.15) is 0 Å². The van der Waals surface area contributed by atoms with Crippen LogP contribution in [0, 0.1) is 23.8 Å². The minimum Gasteiger partial charge on any atom is -0.330 e. The molecular weight excluding hydrogens is 1110 g/mol. The van der Waals surface area contributed by atoms with E-state index in [-0.39, 0.29) is 12.0 Å². The highest BCUT2D eigenvalue weighted by Gasteiger charge is 2.41. The lowest BCUT2D eigenvalue weighted by molar-refractivity contribution is 0.773. The molecule has 0 radical (unpaired) electrons. The van der Waals surface area contributed by atoms with Gasteiger partial charge in [0.15, 0.2) is 5.69 Å². The molecule has 8 aromatic rings. The fourth-order valence-corrected chi connectivity index (χ4v) is 17.4. The molecule has 8 aromatic carbocycles. The van der Waals surface area contributed by atoms with Crippen LogP contribution in [0.25, 0.3) is 49.4 Å². The van der Waals surface area contributed by atoms with Crippen molar-refractivity contribution in [1.29, 1.82) is 5.26 Å². The van der Waals surface area contributed by atoms with Crippen LogP contribution in [0.3, 0.4) is 0 Å². The van der Waals surface area contributed by atoms with E-state index in [1.165, 1.54) is 87.6 Å². The van der Waals surface area contributed by atoms with Crippen LogP contribution in [0.4, 0.5) is 28.4 Å². The monoisotopic (exact) mass is 1180 g/mol. The summed E-state index contributed by atoms with van der Waals surface area (Å²) in [4.78, 5) is 8.85. The molecule has 0 N–H and O–H groups in total. The Morgan fingerprint density at radius 3 is 1.44 bits per heavy atom. The predicted octanol–water partition coefficient (Wildman–Crippen LogP) is 19.0. The van der Waals surface area contributed by atoms with Crippen LogP contribution in [0.1, 0.15) is 5.56 Å². The predicted molar refractivity (Wildman–Crippen MR) is 380 cm³/mol. The molecule has 424 valence electrons. The van der Waals surface area contributed by atoms with E-state index in [1.54, 1.807) is 0 Å². The van der Waals surface area contributed by atoms with Gasteiger partial charge in [-0.1, -0.05) is 263 Å². The van der Waals surface area contributed by atoms with Crippen molar-refractivity contribution in [3.8, 4) is 50.6 Å². The Balaban J connectivity index is 1.04. The third-order valence-electron chi connectivity index (χ3n) is 17.7. The van der Waals surface area contributed by atoms with E-state index in [2.05, 4.69) is 306 Å². The summed E-state index contributed by atoms with van der Waals surface area (Å²) in [6, 6.07) is 69.8. The van der Waals surface area contributed by atoms with E-state index in [0.29, 0.717) is 11.3 Å². The first-order valence-corrected chi connectivity index (χ1v) is 44.3. The first kappa shape index (κ1) is 57.8. The molecule has 4 aliphatic rings. The summed E-state index contributed by atoms with van der Waals surface area (Å²) in [7, 11) is -6.66. The zero-order chi connectivity index (χ0) is 60.5. The number of rotatable bonds is 14. The van der Waals surface area contributed by atoms with E-state index in [1.807, 2.05) is 24.3 Å². The first-order valence-electron chi connectivity index (χ1n) is 30.3. The molecule has 0 aromatic heterocycles. The molecule has 0 saturated heterocycles. The average Bonchev–Trinajstić information content (AvgIpc) is 0.794. The van der Waals surface area contributed by atoms with Crippen LogP contribution in [0.2, 0.25) is 78.6 Å². The van der Waals surface area contributed by atoms with Crippen LogP contribution < -0.4 is 30.5 Å². The number of allylic oxidation sites excluding steroid dienone is 10. The minimum absolute atomic E-state index is 0.0635. The highest BCUT2D eigenvalue weighted by atomic mass is 28.3. The average molecular weight is 1180 g/mol. The van der Waals surface area contributed by atoms with Crippen molar-refractivity contribution in [2.24, 2.45) is 5.92 Å². The molecule has 0 spiro atoms. The normalized spacial score (nSPS) is 16.3. The van der Waals surface area contributed by atoms with Crippen LogP contribution in [0.15, 0.2) is 264 Å². The fourth-order valence-electron chi connectivity index (χ4n) is 12.7. The third kappa shape index (κ3) is 11.2. The molecule has 0 saturated carbocycles. The van der Waals surface area contributed by atoms with Crippen molar-refractivity contribution in [2.45, 2.75) is 84.6 Å². The minimum atomic E-state index is -1.72. The molecule has 4 nitrogen and oxygen atoms in total. The van der Waals surface area contributed by atoms with Crippen molar-refractivity contribution < 1.29 is 0 Å². The fraction of sp³-hybridized carbons (Fsp3) is 0.179. The maximum absolute atomic E-state index is 10.2. The van der Waals surface area contributed by atoms with Gasteiger partial charge in [0.25, 0.3) is 0 Å². The van der Waals surface area contributed by atoms with Gasteiger partial charge in [0.2, 0.25) is 0 Å². The van der Waals surface area contributed by atoms with Crippen LogP contribution in [0.5, 0.6) is 0 Å². The van der Waals surface area contributed by atoms with Crippen LogP contribution >= 0.6 is 0 Å². The smallest absolute Gasteiger partial charge is 0.187 e. The summed E-state index contributed by atoms with van der Waals surface area (Å²) < 4.78 is 0. The second-order valence-corrected chi connectivity index (χ2v) is 48.0. The Hall–Kier alpha value is -8.61. The molecule has 8 heteroatoms. The highest BCUT2D eigenvalue weighted by molar-refractivity contribution is 6.90. The number of benzene rings is 8. The highest BCUT2D eigenvalue weighted by Crippen LogP contribution is 2.53. The molecule has 12 rings (SSSR count). The Labute approximate surface area is 515 Å². The van der Waals surface area contributed by atoms with Crippen molar-refractivity contribution in [2.75, 3.05) is 9.80 Å². The topological polar surface area (TPSA) is 34.6 Å². The molecule has 0 heterocycles. The second kappa shape index (κ2) is 22.3. The number of hydrogen-bond donors (Lipinski definition) is 0. The van der Waals surface area contributed by atoms with E-state index >= 15 is 0 Å². The van der Waals surface area contributed by atoms with Gasteiger partial charge in [-0.25, -0.2) is 4.85 Å². The maximum atomic E-state index is 10.2. The summed E-state index contributed by atoms with van der Waals surface area (Å²) >= 11 is 0. The number of hydrogen-bond acceptors (Lipinski definition) is 3. The van der Waals surface area contributed by atoms with Crippen molar-refractivity contribution in [1.82, 2.24) is 0 Å². The summed E-state index contributed by atoms with van der Waals surface area (Å²) in [6.07, 6.45) is 18.8. The summed E-state index contributed by atoms with van der Waals surface area (Å²) in [5.41, 5.74) is 22.3. The Bertz CT molecular complexity index is 4350. The number of nitrogens with zero attached hydrogens (tertiary/aromatic N) is 4. The van der Waals surface area contributed by atoms with Crippen LogP contribution in [-0.2, 0) is 0 Å². The van der Waals surface area contributed by atoms with Crippen molar-refractivity contribution >= 4 is 81.5 Å². The first-order chi connectivity index (χ1) is 41.0. The van der Waals surface area contributed by atoms with Gasteiger partial charge in [0.05, 0.1) is 67.9 Å². The Morgan fingerprint density at radius 2 is 0.930 bits per heavy atom. The standard InChI is InChI=1S/C78H76N4Si4/c1-80-62-34-38-64(39-35-62)82(76-45-33-59(57-19-15-23-66(47-57)84(5,6)7)51-72(76)61-21-17-25-68(49-61)86(11,12)13)74-43-31-55-28-40-69-73(42-30-54-29-41-70(74)78(55)77(54)69)81(63-36-26-53(52-79)27-37-63)75-44-32-58(56-18-14-22-65(46-56)83(2,3)4)50-71(75)60-20-16-24-67(48-60)85(8,9)10/h14-51,73,78H,2-13H3. The third-order valence-corrected chi connectivity index (χ3v) is 25.9. The molecular formula is C78H76N4Si4. The van der Waals surface area contributed by atoms with Gasteiger partial charge in [-0.2, -0.15) is 5.26 Å². The maximum Gasteiger partial charge on any atom is 0.187 e. The molecule has 2 unspecified atom stereocenters. The zero-order valence-electron chi connectivity index (χ0n) is 51.9. The molecule has 4 aliphatic carbocycles. The van der Waals surface area contributed by atoms with E-state index in [4.69, 9.17) is 6.57 Å². The summed E-state index contributed by atoms with van der Waals surface area (Å²) in [5, 5.41) is 15.9. The number of nitriles is 1. The lowest BCUT2D eigenvalue weighted by Crippen LogP contribution is -2.38. The van der Waals surface area contributed by atoms with Gasteiger partial charge in [-0.15, -0.1) is 0 Å². The summed E-state index contributed by atoms with van der Waals surface area (Å²) in [6.45, 7) is 37.1. The molecule has 2 atom stereocenters. The molecule has 0 bridgehead atoms. The second-order valence-electron chi connectivity index (χ2n) is 27.7. The van der Waals surface area contributed by atoms with Crippen LogP contribution in [-0.4, -0.2) is 38.3 Å². The lowest BCUT2D eigenvalue weighted by Gasteiger charge is -2.44. The number of anilines is 4. The van der Waals surface area contributed by atoms with Crippen molar-refractivity contribution in [3.63, 3.8) is 0 Å². The van der Waals surface area contributed by atoms with Gasteiger partial charge in [-0.05, 0) is 128 Å². The largest absolute Gasteiger partial charge is 0.330 e. The molecule has 0 aliphatic heterocycles. The Morgan fingerprint density at radius 1 is 0.453 bits per heavy atom. The SMILES string of the molecule is [C-]#[N+]c1ccc(N(C2=C3C=CC4=C5C(=CC=C(C=C2)C35)C(N(c2ccc(C#N)cc2)c2ccc(-c3cccc([Si](C)(C)C)c3)cc2-c2cccc([Si](C)(C)C)c2)C=C4)c2ccc(-c3cccc([Si](C)(C)C)c3)cc2-c2cccc([Si](C)(C)C)c2)cc1. The molecule has 86 heavy (non-hydrogen) atoms. The van der Waals surface area contributed by atoms with E-state index in [9.17, 15) is 5.26 Å². The quantitative estimate of drug-likeness (QED) is 0.0804. The lowest BCUT2D eigenvalue weighted by atomic mass is 9.67. The van der Waals surface area contributed by atoms with Gasteiger partial charge < -0.3 is 9.80 Å². The van der Waals surface area contributed by atoms with E-state index < -0.39 is 32.3 Å². The molecule has 0 fully saturated rings. The van der Waals surface area contributed by atoms with E-state index in [0.717, 1.165) is 34.0 Å². The zero-order valence-corrected chi connectivity index (χ0v) is 55.9. The van der Waals surface area contributed by atoms with Gasteiger partial charge in [0, 0.05) is 34.1 Å². The van der Waals surface area contributed by atoms with Gasteiger partial charge >= 0.3 is 0 Å². The van der Waals surface area contributed by atoms with Crippen molar-refractivity contribution in [3.05, 3.63) is 281 Å². The van der Waals surface area contributed by atoms with Gasteiger partial charge in [-0.3, -0.25) is 0 Å². The summed E-state index contributed by atoms with van der Waals surface area (Å²) in [5.74, 6) is -0.0635. The Kier molecular flexibility index (Phi) is 15.0.